The van der Waals surface area contributed by atoms with Crippen LogP contribution >= 0.6 is 31.9 Å². The first-order valence-electron chi connectivity index (χ1n) is 6.00. The van der Waals surface area contributed by atoms with Gasteiger partial charge in [-0.05, 0) is 37.1 Å². The molecule has 0 aliphatic rings. The maximum absolute atomic E-state index is 5.76. The van der Waals surface area contributed by atoms with Crippen molar-refractivity contribution < 1.29 is 0 Å². The molecule has 0 spiro atoms. The van der Waals surface area contributed by atoms with E-state index in [-0.39, 0.29) is 6.04 Å². The number of rotatable bonds is 3. The van der Waals surface area contributed by atoms with Crippen LogP contribution in [0.5, 0.6) is 0 Å². The fraction of sp³-hybridized carbons (Fsp3) is 0.200. The summed E-state index contributed by atoms with van der Waals surface area (Å²) >= 11 is 7.06. The minimum Gasteiger partial charge on any atom is -0.271 e. The third-order valence-electron chi connectivity index (χ3n) is 3.02. The van der Waals surface area contributed by atoms with Gasteiger partial charge >= 0.3 is 0 Å². The molecule has 0 radical (unpaired) electrons. The van der Waals surface area contributed by atoms with Crippen molar-refractivity contribution in [3.05, 3.63) is 67.6 Å². The van der Waals surface area contributed by atoms with Crippen LogP contribution in [0.1, 0.15) is 28.3 Å². The molecule has 0 aromatic heterocycles. The molecule has 4 heteroatoms. The van der Waals surface area contributed by atoms with E-state index in [1.807, 2.05) is 12.1 Å². The molecule has 19 heavy (non-hydrogen) atoms. The summed E-state index contributed by atoms with van der Waals surface area (Å²) in [4.78, 5) is 0. The van der Waals surface area contributed by atoms with Crippen LogP contribution in [0.4, 0.5) is 0 Å². The third-order valence-corrected chi connectivity index (χ3v) is 4.20. The quantitative estimate of drug-likeness (QED) is 0.609. The Bertz CT molecular complexity index is 576. The molecule has 0 aliphatic carbocycles. The fourth-order valence-electron chi connectivity index (χ4n) is 2.28. The normalized spacial score (nSPS) is 12.5. The van der Waals surface area contributed by atoms with Gasteiger partial charge in [-0.2, -0.15) is 0 Å². The van der Waals surface area contributed by atoms with Crippen LogP contribution in [-0.2, 0) is 0 Å². The summed E-state index contributed by atoms with van der Waals surface area (Å²) in [6, 6.07) is 12.6. The van der Waals surface area contributed by atoms with Crippen molar-refractivity contribution in [2.45, 2.75) is 19.9 Å². The number of benzene rings is 2. The second kappa shape index (κ2) is 6.18. The van der Waals surface area contributed by atoms with Crippen LogP contribution < -0.4 is 11.3 Å². The van der Waals surface area contributed by atoms with E-state index < -0.39 is 0 Å². The zero-order chi connectivity index (χ0) is 14.0. The molecule has 0 aliphatic heterocycles. The van der Waals surface area contributed by atoms with Crippen molar-refractivity contribution in [2.75, 3.05) is 0 Å². The van der Waals surface area contributed by atoms with Gasteiger partial charge in [0.05, 0.1) is 6.04 Å². The molecule has 0 heterocycles. The second-order valence-corrected chi connectivity index (χ2v) is 6.46. The Labute approximate surface area is 130 Å². The van der Waals surface area contributed by atoms with Crippen molar-refractivity contribution in [3.63, 3.8) is 0 Å². The molecule has 0 fully saturated rings. The van der Waals surface area contributed by atoms with Gasteiger partial charge in [-0.25, -0.2) is 5.43 Å². The van der Waals surface area contributed by atoms with Gasteiger partial charge in [0.25, 0.3) is 0 Å². The van der Waals surface area contributed by atoms with Crippen molar-refractivity contribution in [2.24, 2.45) is 5.84 Å². The van der Waals surface area contributed by atoms with E-state index in [9.17, 15) is 0 Å². The Kier molecular flexibility index (Phi) is 4.79. The van der Waals surface area contributed by atoms with E-state index in [1.54, 1.807) is 0 Å². The van der Waals surface area contributed by atoms with Crippen LogP contribution in [0.25, 0.3) is 0 Å². The van der Waals surface area contributed by atoms with Crippen LogP contribution in [0, 0.1) is 13.8 Å². The number of hydrazine groups is 1. The van der Waals surface area contributed by atoms with E-state index in [2.05, 4.69) is 75.4 Å². The van der Waals surface area contributed by atoms with Crippen molar-refractivity contribution in [1.82, 2.24) is 5.43 Å². The van der Waals surface area contributed by atoms with Crippen LogP contribution in [0.3, 0.4) is 0 Å². The van der Waals surface area contributed by atoms with Gasteiger partial charge in [0, 0.05) is 8.95 Å². The lowest BCUT2D eigenvalue weighted by Crippen LogP contribution is -2.29. The van der Waals surface area contributed by atoms with E-state index in [4.69, 9.17) is 5.84 Å². The third kappa shape index (κ3) is 3.45. The minimum absolute atomic E-state index is 0.0268. The maximum Gasteiger partial charge on any atom is 0.0721 e. The van der Waals surface area contributed by atoms with Gasteiger partial charge in [0.1, 0.15) is 0 Å². The highest BCUT2D eigenvalue weighted by Crippen LogP contribution is 2.31. The van der Waals surface area contributed by atoms with Gasteiger partial charge in [0.15, 0.2) is 0 Å². The van der Waals surface area contributed by atoms with Crippen LogP contribution in [-0.4, -0.2) is 0 Å². The van der Waals surface area contributed by atoms with Gasteiger partial charge in [-0.3, -0.25) is 5.84 Å². The maximum atomic E-state index is 5.76. The molecular formula is C15H16Br2N2. The highest BCUT2D eigenvalue weighted by Gasteiger charge is 2.16. The van der Waals surface area contributed by atoms with Crippen molar-refractivity contribution in [3.8, 4) is 0 Å². The number of aryl methyl sites for hydroxylation is 2. The summed E-state index contributed by atoms with van der Waals surface area (Å²) in [7, 11) is 0. The van der Waals surface area contributed by atoms with Crippen molar-refractivity contribution >= 4 is 31.9 Å². The second-order valence-electron chi connectivity index (χ2n) is 4.69. The monoisotopic (exact) mass is 382 g/mol. The standard InChI is InChI=1S/C15H16Br2N2/c1-9-5-10(2)7-11(6-9)15(19-18)13-4-3-12(16)8-14(13)17/h3-8,15,19H,18H2,1-2H3. The van der Waals surface area contributed by atoms with Crippen LogP contribution in [0.15, 0.2) is 45.3 Å². The molecule has 0 bridgehead atoms. The predicted molar refractivity (Wildman–Crippen MR) is 86.9 cm³/mol. The van der Waals surface area contributed by atoms with Gasteiger partial charge < -0.3 is 0 Å². The number of hydrogen-bond donors (Lipinski definition) is 2. The smallest absolute Gasteiger partial charge is 0.0721 e. The predicted octanol–water partition coefficient (Wildman–Crippen LogP) is 4.38. The Morgan fingerprint density at radius 3 is 2.16 bits per heavy atom. The Morgan fingerprint density at radius 1 is 1.00 bits per heavy atom. The number of nitrogens with two attached hydrogens (primary N) is 1. The molecule has 0 saturated heterocycles. The van der Waals surface area contributed by atoms with Gasteiger partial charge in [0.2, 0.25) is 0 Å². The summed E-state index contributed by atoms with van der Waals surface area (Å²) in [5.74, 6) is 5.76. The molecule has 100 valence electrons. The summed E-state index contributed by atoms with van der Waals surface area (Å²) < 4.78 is 2.07. The highest BCUT2D eigenvalue weighted by atomic mass is 79.9. The van der Waals surface area contributed by atoms with Gasteiger partial charge in [-0.15, -0.1) is 0 Å². The molecular weight excluding hydrogens is 368 g/mol. The van der Waals surface area contributed by atoms with E-state index in [0.717, 1.165) is 14.5 Å². The molecule has 0 amide bonds. The number of nitrogens with one attached hydrogen (secondary N) is 1. The average molecular weight is 384 g/mol. The van der Waals surface area contributed by atoms with E-state index in [1.165, 1.54) is 16.7 Å². The van der Waals surface area contributed by atoms with Gasteiger partial charge in [-0.1, -0.05) is 67.3 Å². The number of hydrogen-bond acceptors (Lipinski definition) is 2. The molecule has 0 saturated carbocycles. The summed E-state index contributed by atoms with van der Waals surface area (Å²) in [6.45, 7) is 4.20. The lowest BCUT2D eigenvalue weighted by Gasteiger charge is -2.19. The van der Waals surface area contributed by atoms with E-state index in [0.29, 0.717) is 0 Å². The first kappa shape index (κ1) is 14.7. The zero-order valence-electron chi connectivity index (χ0n) is 10.9. The summed E-state index contributed by atoms with van der Waals surface area (Å²) in [5.41, 5.74) is 7.67. The molecule has 3 N–H and O–H groups in total. The molecule has 2 nitrogen and oxygen atoms in total. The minimum atomic E-state index is -0.0268. The summed E-state index contributed by atoms with van der Waals surface area (Å²) in [6.07, 6.45) is 0. The molecule has 2 aromatic rings. The first-order chi connectivity index (χ1) is 9.01. The van der Waals surface area contributed by atoms with Crippen molar-refractivity contribution in [1.29, 1.82) is 0 Å². The Morgan fingerprint density at radius 2 is 1.63 bits per heavy atom. The summed E-state index contributed by atoms with van der Waals surface area (Å²) in [5, 5.41) is 0. The zero-order valence-corrected chi connectivity index (χ0v) is 14.0. The molecule has 2 aromatic carbocycles. The largest absolute Gasteiger partial charge is 0.271 e. The lowest BCUT2D eigenvalue weighted by molar-refractivity contribution is 0.633. The highest BCUT2D eigenvalue weighted by molar-refractivity contribution is 9.11. The Balaban J connectivity index is 2.49. The molecule has 1 atom stereocenters. The average Bonchev–Trinajstić information content (AvgIpc) is 2.31. The first-order valence-corrected chi connectivity index (χ1v) is 7.59. The number of halogens is 2. The van der Waals surface area contributed by atoms with Crippen LogP contribution in [0.2, 0.25) is 0 Å². The Hall–Kier alpha value is -0.680. The molecule has 1 unspecified atom stereocenters. The molecule has 2 rings (SSSR count). The SMILES string of the molecule is Cc1cc(C)cc(C(NN)c2ccc(Br)cc2Br)c1. The topological polar surface area (TPSA) is 38.0 Å². The lowest BCUT2D eigenvalue weighted by atomic mass is 9.96. The fourth-order valence-corrected chi connectivity index (χ4v) is 3.55. The van der Waals surface area contributed by atoms with E-state index >= 15 is 0 Å².